The summed E-state index contributed by atoms with van der Waals surface area (Å²) in [5, 5.41) is 12.5. The predicted octanol–water partition coefficient (Wildman–Crippen LogP) is 4.80. The van der Waals surface area contributed by atoms with Crippen molar-refractivity contribution >= 4 is 34.2 Å². The number of aryl methyl sites for hydroxylation is 1. The van der Waals surface area contributed by atoms with Crippen LogP contribution < -0.4 is 15.4 Å². The number of hydrogen-bond acceptors (Lipinski definition) is 5. The van der Waals surface area contributed by atoms with Crippen molar-refractivity contribution in [1.29, 1.82) is 0 Å². The molecule has 0 bridgehead atoms. The molecule has 4 aromatic rings. The third-order valence-electron chi connectivity index (χ3n) is 5.02. The van der Waals surface area contributed by atoms with Crippen molar-refractivity contribution in [3.05, 3.63) is 77.0 Å². The number of alkyl halides is 3. The van der Waals surface area contributed by atoms with Crippen LogP contribution in [0.2, 0.25) is 0 Å². The maximum absolute atomic E-state index is 12.9. The standard InChI is InChI=1S/C23H18F3N5O3/c1-12-6-7-15(28-20(32)13-4-3-5-14(8-13)23(24,25)26)9-17(12)21(33)29-16-10-18-19(27-11-16)30-31-22(18)34-2/h3-11H,1-2H3,(H,28,32)(H,29,33)(H,27,30,31). The molecule has 0 aliphatic carbocycles. The number of halogens is 3. The first-order chi connectivity index (χ1) is 16.2. The Morgan fingerprint density at radius 3 is 2.50 bits per heavy atom. The molecule has 0 saturated heterocycles. The van der Waals surface area contributed by atoms with Crippen molar-refractivity contribution in [3.8, 4) is 5.88 Å². The molecule has 0 atom stereocenters. The van der Waals surface area contributed by atoms with Gasteiger partial charge >= 0.3 is 6.18 Å². The molecule has 174 valence electrons. The minimum atomic E-state index is -4.57. The lowest BCUT2D eigenvalue weighted by molar-refractivity contribution is -0.137. The van der Waals surface area contributed by atoms with Crippen molar-refractivity contribution in [3.63, 3.8) is 0 Å². The van der Waals surface area contributed by atoms with Gasteiger partial charge in [-0.3, -0.25) is 14.7 Å². The molecule has 2 heterocycles. The largest absolute Gasteiger partial charge is 0.479 e. The number of fused-ring (bicyclic) bond motifs is 1. The number of benzene rings is 2. The van der Waals surface area contributed by atoms with Crippen LogP contribution in [0.3, 0.4) is 0 Å². The number of hydrogen-bond donors (Lipinski definition) is 3. The van der Waals surface area contributed by atoms with Crippen LogP contribution in [0.5, 0.6) is 5.88 Å². The van der Waals surface area contributed by atoms with Gasteiger partial charge in [0, 0.05) is 16.8 Å². The van der Waals surface area contributed by atoms with E-state index in [9.17, 15) is 22.8 Å². The number of nitrogens with one attached hydrogen (secondary N) is 3. The topological polar surface area (TPSA) is 109 Å². The number of amides is 2. The molecule has 2 amide bonds. The highest BCUT2D eigenvalue weighted by Crippen LogP contribution is 2.30. The SMILES string of the molecule is COc1n[nH]c2ncc(NC(=O)c3cc(NC(=O)c4cccc(C(F)(F)F)c4)ccc3C)cc12. The second kappa shape index (κ2) is 8.85. The molecule has 0 saturated carbocycles. The van der Waals surface area contributed by atoms with Crippen molar-refractivity contribution < 1.29 is 27.5 Å². The summed E-state index contributed by atoms with van der Waals surface area (Å²) >= 11 is 0. The molecule has 4 rings (SSSR count). The maximum atomic E-state index is 12.9. The lowest BCUT2D eigenvalue weighted by Gasteiger charge is -2.12. The van der Waals surface area contributed by atoms with Crippen LogP contribution in [0.25, 0.3) is 11.0 Å². The fourth-order valence-electron chi connectivity index (χ4n) is 3.29. The number of aromatic amines is 1. The van der Waals surface area contributed by atoms with E-state index >= 15 is 0 Å². The van der Waals surface area contributed by atoms with Crippen molar-refractivity contribution in [2.45, 2.75) is 13.1 Å². The summed E-state index contributed by atoms with van der Waals surface area (Å²) in [4.78, 5) is 29.6. The van der Waals surface area contributed by atoms with Gasteiger partial charge in [-0.1, -0.05) is 12.1 Å². The number of aromatic nitrogens is 3. The smallest absolute Gasteiger partial charge is 0.416 e. The van der Waals surface area contributed by atoms with E-state index in [-0.39, 0.29) is 16.8 Å². The van der Waals surface area contributed by atoms with Gasteiger partial charge in [-0.2, -0.15) is 13.2 Å². The molecule has 0 aliphatic rings. The summed E-state index contributed by atoms with van der Waals surface area (Å²) < 4.78 is 44.0. The summed E-state index contributed by atoms with van der Waals surface area (Å²) in [6.45, 7) is 1.72. The van der Waals surface area contributed by atoms with Crippen molar-refractivity contribution in [1.82, 2.24) is 15.2 Å². The van der Waals surface area contributed by atoms with Crippen molar-refractivity contribution in [2.24, 2.45) is 0 Å². The Labute approximate surface area is 191 Å². The zero-order chi connectivity index (χ0) is 24.5. The van der Waals surface area contributed by atoms with Gasteiger partial charge in [0.2, 0.25) is 5.88 Å². The number of pyridine rings is 1. The van der Waals surface area contributed by atoms with E-state index in [1.165, 1.54) is 25.4 Å². The van der Waals surface area contributed by atoms with E-state index < -0.39 is 23.6 Å². The average molecular weight is 469 g/mol. The fraction of sp³-hybridized carbons (Fsp3) is 0.130. The zero-order valence-electron chi connectivity index (χ0n) is 17.9. The number of carbonyl (C=O) groups is 2. The molecule has 8 nitrogen and oxygen atoms in total. The number of anilines is 2. The molecule has 2 aromatic carbocycles. The Bertz CT molecular complexity index is 1400. The average Bonchev–Trinajstić information content (AvgIpc) is 3.22. The van der Waals surface area contributed by atoms with Crippen molar-refractivity contribution in [2.75, 3.05) is 17.7 Å². The first kappa shape index (κ1) is 22.8. The van der Waals surface area contributed by atoms with E-state index in [1.54, 1.807) is 25.1 Å². The van der Waals surface area contributed by atoms with Crippen LogP contribution in [0.4, 0.5) is 24.5 Å². The lowest BCUT2D eigenvalue weighted by Crippen LogP contribution is -2.16. The first-order valence-electron chi connectivity index (χ1n) is 9.94. The molecule has 2 aromatic heterocycles. The van der Waals surface area contributed by atoms with E-state index in [1.807, 2.05) is 0 Å². The van der Waals surface area contributed by atoms with Crippen LogP contribution >= 0.6 is 0 Å². The molecule has 0 spiro atoms. The normalized spacial score (nSPS) is 11.3. The quantitative estimate of drug-likeness (QED) is 0.389. The van der Waals surface area contributed by atoms with Crippen LogP contribution in [-0.4, -0.2) is 34.1 Å². The molecule has 0 unspecified atom stereocenters. The number of carbonyl (C=O) groups excluding carboxylic acids is 2. The Kier molecular flexibility index (Phi) is 5.93. The Balaban J connectivity index is 1.54. The third kappa shape index (κ3) is 4.68. The highest BCUT2D eigenvalue weighted by molar-refractivity contribution is 6.08. The van der Waals surface area contributed by atoms with E-state index in [2.05, 4.69) is 25.8 Å². The van der Waals surface area contributed by atoms with Gasteiger partial charge in [0.05, 0.1) is 29.9 Å². The van der Waals surface area contributed by atoms with E-state index in [0.717, 1.165) is 18.2 Å². The third-order valence-corrected chi connectivity index (χ3v) is 5.02. The van der Waals surface area contributed by atoms with Gasteiger partial charge in [0.1, 0.15) is 0 Å². The summed E-state index contributed by atoms with van der Waals surface area (Å²) in [7, 11) is 1.46. The Hall–Kier alpha value is -4.41. The minimum absolute atomic E-state index is 0.158. The highest BCUT2D eigenvalue weighted by Gasteiger charge is 2.31. The van der Waals surface area contributed by atoms with Gasteiger partial charge in [-0.05, 0) is 48.9 Å². The molecule has 34 heavy (non-hydrogen) atoms. The molecular formula is C23H18F3N5O3. The highest BCUT2D eigenvalue weighted by atomic mass is 19.4. The Morgan fingerprint density at radius 2 is 1.76 bits per heavy atom. The first-order valence-corrected chi connectivity index (χ1v) is 9.94. The summed E-state index contributed by atoms with van der Waals surface area (Å²) in [5.74, 6) is -0.867. The lowest BCUT2D eigenvalue weighted by atomic mass is 10.1. The molecule has 0 fully saturated rings. The van der Waals surface area contributed by atoms with Crippen LogP contribution in [0, 0.1) is 6.92 Å². The molecule has 0 aliphatic heterocycles. The number of methoxy groups -OCH3 is 1. The Morgan fingerprint density at radius 1 is 1.00 bits per heavy atom. The summed E-state index contributed by atoms with van der Waals surface area (Å²) in [5.41, 5.74) is 0.952. The zero-order valence-corrected chi connectivity index (χ0v) is 17.9. The van der Waals surface area contributed by atoms with Gasteiger partial charge in [-0.15, -0.1) is 5.10 Å². The fourth-order valence-corrected chi connectivity index (χ4v) is 3.29. The van der Waals surface area contributed by atoms with Crippen LogP contribution in [-0.2, 0) is 6.18 Å². The summed E-state index contributed by atoms with van der Waals surface area (Å²) in [6.07, 6.45) is -3.11. The summed E-state index contributed by atoms with van der Waals surface area (Å²) in [6, 6.07) is 10.4. The number of nitrogens with zero attached hydrogens (tertiary/aromatic N) is 2. The number of ether oxygens (including phenoxy) is 1. The molecule has 11 heteroatoms. The van der Waals surface area contributed by atoms with Gasteiger partial charge < -0.3 is 15.4 Å². The molecular weight excluding hydrogens is 451 g/mol. The van der Waals surface area contributed by atoms with Gasteiger partial charge in [-0.25, -0.2) is 4.98 Å². The van der Waals surface area contributed by atoms with Crippen LogP contribution in [0.15, 0.2) is 54.7 Å². The second-order valence-electron chi connectivity index (χ2n) is 7.37. The monoisotopic (exact) mass is 469 g/mol. The second-order valence-corrected chi connectivity index (χ2v) is 7.37. The number of rotatable bonds is 5. The van der Waals surface area contributed by atoms with Gasteiger partial charge in [0.25, 0.3) is 11.8 Å². The van der Waals surface area contributed by atoms with E-state index in [4.69, 9.17) is 4.74 Å². The maximum Gasteiger partial charge on any atom is 0.416 e. The number of H-pyrrole nitrogens is 1. The van der Waals surface area contributed by atoms with Gasteiger partial charge in [0.15, 0.2) is 5.65 Å². The predicted molar refractivity (Wildman–Crippen MR) is 119 cm³/mol. The van der Waals surface area contributed by atoms with Crippen LogP contribution in [0.1, 0.15) is 31.8 Å². The molecule has 3 N–H and O–H groups in total. The molecule has 0 radical (unpaired) electrons. The van der Waals surface area contributed by atoms with E-state index in [0.29, 0.717) is 28.2 Å². The minimum Gasteiger partial charge on any atom is -0.479 e.